The molecule has 8 nitrogen and oxygen atoms in total. The van der Waals surface area contributed by atoms with Gasteiger partial charge in [-0.05, 0) is 50.5 Å². The van der Waals surface area contributed by atoms with E-state index in [-0.39, 0.29) is 43.5 Å². The van der Waals surface area contributed by atoms with Crippen LogP contribution in [0, 0.1) is 28.6 Å². The van der Waals surface area contributed by atoms with E-state index in [1.54, 1.807) is 0 Å². The molecule has 36 heavy (non-hydrogen) atoms. The lowest BCUT2D eigenvalue weighted by atomic mass is 9.45. The van der Waals surface area contributed by atoms with Gasteiger partial charge >= 0.3 is 0 Å². The van der Waals surface area contributed by atoms with Gasteiger partial charge in [-0.1, -0.05) is 51.8 Å². The highest BCUT2D eigenvalue weighted by Gasteiger charge is 2.67. The molecule has 0 bridgehead atoms. The minimum Gasteiger partial charge on any atom is -0.393 e. The third kappa shape index (κ3) is 4.85. The van der Waals surface area contributed by atoms with Crippen LogP contribution in [0.15, 0.2) is 23.8 Å². The van der Waals surface area contributed by atoms with Gasteiger partial charge in [0.2, 0.25) is 6.41 Å². The second-order valence-electron chi connectivity index (χ2n) is 11.0. The second-order valence-corrected chi connectivity index (χ2v) is 11.0. The maximum Gasteiger partial charge on any atom is 0.208 e. The van der Waals surface area contributed by atoms with Gasteiger partial charge in [-0.2, -0.15) is 0 Å². The van der Waals surface area contributed by atoms with E-state index in [0.29, 0.717) is 19.3 Å². The first-order chi connectivity index (χ1) is 17.1. The van der Waals surface area contributed by atoms with E-state index in [4.69, 9.17) is 14.2 Å². The molecule has 2 aliphatic carbocycles. The van der Waals surface area contributed by atoms with Crippen molar-refractivity contribution >= 4 is 18.5 Å². The third-order valence-electron chi connectivity index (χ3n) is 9.36. The fourth-order valence-corrected chi connectivity index (χ4v) is 7.34. The number of carbonyl (C=O) groups is 3. The largest absolute Gasteiger partial charge is 0.393 e. The van der Waals surface area contributed by atoms with E-state index in [1.165, 1.54) is 11.6 Å². The molecule has 1 saturated heterocycles. The van der Waals surface area contributed by atoms with Crippen molar-refractivity contribution in [2.45, 2.75) is 84.7 Å². The highest BCUT2D eigenvalue weighted by atomic mass is 16.7. The maximum absolute atomic E-state index is 13.8. The second kappa shape index (κ2) is 11.7. The molecule has 2 saturated carbocycles. The van der Waals surface area contributed by atoms with Crippen molar-refractivity contribution in [3.63, 3.8) is 0 Å². The summed E-state index contributed by atoms with van der Waals surface area (Å²) in [5.41, 5.74) is -1.21. The average Bonchev–Trinajstić information content (AvgIpc) is 3.29. The summed E-state index contributed by atoms with van der Waals surface area (Å²) < 4.78 is 17.9. The molecule has 202 valence electrons. The molecular formula is C28H43NO7. The predicted octanol–water partition coefficient (Wildman–Crippen LogP) is 3.33. The predicted molar refractivity (Wildman–Crippen MR) is 135 cm³/mol. The molecule has 3 fully saturated rings. The van der Waals surface area contributed by atoms with Gasteiger partial charge in [0.25, 0.3) is 0 Å². The summed E-state index contributed by atoms with van der Waals surface area (Å²) in [5, 5.41) is 14.2. The number of fused-ring (bicyclic) bond motifs is 1. The van der Waals surface area contributed by atoms with Crippen molar-refractivity contribution in [1.29, 1.82) is 0 Å². The zero-order valence-electron chi connectivity index (χ0n) is 22.3. The fraction of sp³-hybridized carbons (Fsp3) is 0.750. The molecular weight excluding hydrogens is 462 g/mol. The summed E-state index contributed by atoms with van der Waals surface area (Å²) in [7, 11) is 0. The number of allylic oxidation sites excluding steroid dienone is 4. The molecule has 8 atom stereocenters. The Labute approximate surface area is 214 Å². The van der Waals surface area contributed by atoms with Gasteiger partial charge in [0, 0.05) is 16.7 Å². The molecule has 0 aromatic carbocycles. The number of aldehydes is 1. The lowest BCUT2D eigenvalue weighted by Gasteiger charge is -2.61. The average molecular weight is 506 g/mol. The van der Waals surface area contributed by atoms with Crippen molar-refractivity contribution in [3.8, 4) is 0 Å². The van der Waals surface area contributed by atoms with Crippen molar-refractivity contribution in [1.82, 2.24) is 5.32 Å². The number of amides is 1. The van der Waals surface area contributed by atoms with Gasteiger partial charge in [-0.15, -0.1) is 0 Å². The molecule has 3 rings (SSSR count). The van der Waals surface area contributed by atoms with E-state index in [1.807, 2.05) is 26.8 Å². The van der Waals surface area contributed by atoms with E-state index >= 15 is 0 Å². The third-order valence-corrected chi connectivity index (χ3v) is 9.36. The standard InChI is InChI=1S/C28H43NO7/c1-6-9-24-35-16-28(36-24,23(33)15-34-18-29-17-31)27(5)14-22(32)25-21(19(27)3)11-10-20(7-2)26(25,4)12-8-13-30/h7-8,12-13,17,19,21-22,24-25,32H,6,9-11,14-16,18H2,1-5H3,(H,29,31)/b12-8-,20-7-/t19?,21-,22-,24?,25?,26+,27?,28?/m0/s1. The zero-order valence-corrected chi connectivity index (χ0v) is 22.3. The molecule has 0 radical (unpaired) electrons. The van der Waals surface area contributed by atoms with Crippen LogP contribution in [-0.4, -0.2) is 61.5 Å². The summed E-state index contributed by atoms with van der Waals surface area (Å²) in [5.74, 6) is -0.192. The maximum atomic E-state index is 13.8. The van der Waals surface area contributed by atoms with Crippen molar-refractivity contribution < 1.29 is 33.7 Å². The summed E-state index contributed by atoms with van der Waals surface area (Å²) in [4.78, 5) is 35.6. The molecule has 1 aliphatic heterocycles. The van der Waals surface area contributed by atoms with Crippen LogP contribution in [-0.2, 0) is 28.6 Å². The lowest BCUT2D eigenvalue weighted by molar-refractivity contribution is -0.208. The Hall–Kier alpha value is -1.87. The SMILES string of the molecule is C/C=C1/CC[C@H]2C(C)C(C)(C3(C(=O)COCNC=O)COC(CCC)O3)C[C@H](O)C2[C@]1(C)/C=C\C=O. The number of ether oxygens (including phenoxy) is 3. The van der Waals surface area contributed by atoms with Crippen LogP contribution in [0.4, 0.5) is 0 Å². The van der Waals surface area contributed by atoms with E-state index in [0.717, 1.165) is 25.5 Å². The molecule has 8 heteroatoms. The summed E-state index contributed by atoms with van der Waals surface area (Å²) in [6.07, 6.45) is 9.31. The summed E-state index contributed by atoms with van der Waals surface area (Å²) >= 11 is 0. The molecule has 0 aromatic heterocycles. The van der Waals surface area contributed by atoms with Crippen LogP contribution >= 0.6 is 0 Å². The normalized spacial score (nSPS) is 41.8. The Morgan fingerprint density at radius 1 is 1.31 bits per heavy atom. The summed E-state index contributed by atoms with van der Waals surface area (Å²) in [6.45, 7) is 10.2. The Morgan fingerprint density at radius 3 is 2.69 bits per heavy atom. The number of carbonyl (C=O) groups excluding carboxylic acids is 3. The Bertz CT molecular complexity index is 872. The topological polar surface area (TPSA) is 111 Å². The van der Waals surface area contributed by atoms with Crippen LogP contribution in [0.25, 0.3) is 0 Å². The highest BCUT2D eigenvalue weighted by molar-refractivity contribution is 5.90. The fourth-order valence-electron chi connectivity index (χ4n) is 7.34. The van der Waals surface area contributed by atoms with E-state index in [2.05, 4.69) is 25.2 Å². The first-order valence-corrected chi connectivity index (χ1v) is 13.2. The van der Waals surface area contributed by atoms with Gasteiger partial charge in [0.1, 0.15) is 19.6 Å². The molecule has 0 aromatic rings. The van der Waals surface area contributed by atoms with Crippen LogP contribution in [0.1, 0.15) is 66.7 Å². The van der Waals surface area contributed by atoms with Gasteiger partial charge in [-0.25, -0.2) is 0 Å². The van der Waals surface area contributed by atoms with E-state index in [9.17, 15) is 19.5 Å². The molecule has 1 amide bonds. The number of aliphatic hydroxyl groups is 1. The van der Waals surface area contributed by atoms with Gasteiger partial charge in [0.05, 0.1) is 12.7 Å². The van der Waals surface area contributed by atoms with Crippen LogP contribution in [0.5, 0.6) is 0 Å². The molecule has 2 N–H and O–H groups in total. The first kappa shape index (κ1) is 28.7. The number of Topliss-reactive ketones (excluding diaryl/α,β-unsaturated/α-hetero) is 1. The monoisotopic (exact) mass is 505 g/mol. The molecule has 0 spiro atoms. The molecule has 1 heterocycles. The number of ketones is 1. The zero-order chi connectivity index (χ0) is 26.6. The Kier molecular flexibility index (Phi) is 9.30. The van der Waals surface area contributed by atoms with Crippen molar-refractivity contribution in [2.24, 2.45) is 28.6 Å². The van der Waals surface area contributed by atoms with Gasteiger partial charge < -0.3 is 24.6 Å². The van der Waals surface area contributed by atoms with Gasteiger partial charge in [-0.3, -0.25) is 14.4 Å². The number of rotatable bonds is 11. The summed E-state index contributed by atoms with van der Waals surface area (Å²) in [6, 6.07) is 0. The first-order valence-electron chi connectivity index (χ1n) is 13.2. The van der Waals surface area contributed by atoms with E-state index < -0.39 is 28.8 Å². The number of aliphatic hydroxyl groups excluding tert-OH is 1. The minimum absolute atomic E-state index is 0.0225. The Balaban J connectivity index is 2.00. The van der Waals surface area contributed by atoms with Crippen LogP contribution in [0.3, 0.4) is 0 Å². The van der Waals surface area contributed by atoms with Crippen molar-refractivity contribution in [2.75, 3.05) is 19.9 Å². The minimum atomic E-state index is -1.27. The smallest absolute Gasteiger partial charge is 0.208 e. The van der Waals surface area contributed by atoms with Gasteiger partial charge in [0.15, 0.2) is 17.7 Å². The Morgan fingerprint density at radius 2 is 2.06 bits per heavy atom. The van der Waals surface area contributed by atoms with Crippen LogP contribution in [0.2, 0.25) is 0 Å². The quantitative estimate of drug-likeness (QED) is 0.146. The van der Waals surface area contributed by atoms with Crippen molar-refractivity contribution in [3.05, 3.63) is 23.8 Å². The van der Waals surface area contributed by atoms with Crippen LogP contribution < -0.4 is 5.32 Å². The lowest BCUT2D eigenvalue weighted by Crippen LogP contribution is -2.66. The number of nitrogens with one attached hydrogen (secondary N) is 1. The highest BCUT2D eigenvalue weighted by Crippen LogP contribution is 2.63. The molecule has 3 aliphatic rings. The number of hydrogen-bond donors (Lipinski definition) is 2. The molecule has 5 unspecified atom stereocenters. The number of hydrogen-bond acceptors (Lipinski definition) is 7.